The fourth-order valence-corrected chi connectivity index (χ4v) is 3.44. The lowest BCUT2D eigenvalue weighted by atomic mass is 9.88. The predicted octanol–water partition coefficient (Wildman–Crippen LogP) is 2.10. The van der Waals surface area contributed by atoms with Gasteiger partial charge in [0.2, 0.25) is 5.91 Å². The zero-order valence-electron chi connectivity index (χ0n) is 14.4. The third-order valence-electron chi connectivity index (χ3n) is 4.74. The van der Waals surface area contributed by atoms with Gasteiger partial charge in [-0.05, 0) is 31.5 Å². The normalized spacial score (nSPS) is 19.8. The maximum Gasteiger partial charge on any atom is 0.308 e. The molecule has 26 heavy (non-hydrogen) atoms. The number of hydrogen-bond donors (Lipinski definition) is 1. The van der Waals surface area contributed by atoms with Crippen LogP contribution in [0.15, 0.2) is 24.3 Å². The van der Waals surface area contributed by atoms with Gasteiger partial charge < -0.3 is 10.0 Å². The van der Waals surface area contributed by atoms with Gasteiger partial charge >= 0.3 is 5.97 Å². The lowest BCUT2D eigenvalue weighted by molar-refractivity contribution is -0.141. The van der Waals surface area contributed by atoms with Crippen LogP contribution in [0.5, 0.6) is 0 Å². The van der Waals surface area contributed by atoms with E-state index in [9.17, 15) is 23.5 Å². The second-order valence-corrected chi connectivity index (χ2v) is 6.60. The summed E-state index contributed by atoms with van der Waals surface area (Å²) in [4.78, 5) is 25.6. The van der Waals surface area contributed by atoms with E-state index < -0.39 is 29.4 Å². The summed E-state index contributed by atoms with van der Waals surface area (Å²) in [6.45, 7) is 3.68. The summed E-state index contributed by atoms with van der Waals surface area (Å²) in [5.41, 5.74) is 1.72. The van der Waals surface area contributed by atoms with Gasteiger partial charge in [0.1, 0.15) is 18.2 Å². The standard InChI is InChI=1S/C18H19F2N3O3/c1-10-5-11(2)23(21-10)9-17(24)22-7-14(15(8-22)18(25)26)13-4-3-12(19)6-16(13)20/h3-6,14-15H,7-9H2,1-2H3,(H,25,26)/t14-,15+/m1/s1. The van der Waals surface area contributed by atoms with E-state index in [0.717, 1.165) is 23.5 Å². The van der Waals surface area contributed by atoms with Crippen LogP contribution in [0.3, 0.4) is 0 Å². The van der Waals surface area contributed by atoms with E-state index in [-0.39, 0.29) is 31.1 Å². The van der Waals surface area contributed by atoms with Crippen LogP contribution in [0.1, 0.15) is 22.9 Å². The highest BCUT2D eigenvalue weighted by Crippen LogP contribution is 2.34. The Kier molecular flexibility index (Phi) is 4.76. The molecule has 2 atom stereocenters. The van der Waals surface area contributed by atoms with E-state index in [4.69, 9.17) is 0 Å². The number of aliphatic carboxylic acids is 1. The maximum atomic E-state index is 14.1. The Morgan fingerprint density at radius 2 is 1.96 bits per heavy atom. The van der Waals surface area contributed by atoms with Gasteiger partial charge in [-0.2, -0.15) is 5.10 Å². The smallest absolute Gasteiger partial charge is 0.308 e. The lowest BCUT2D eigenvalue weighted by Crippen LogP contribution is -2.33. The Morgan fingerprint density at radius 1 is 1.23 bits per heavy atom. The molecule has 0 aliphatic carbocycles. The Morgan fingerprint density at radius 3 is 2.54 bits per heavy atom. The van der Waals surface area contributed by atoms with Crippen molar-refractivity contribution < 1.29 is 23.5 Å². The van der Waals surface area contributed by atoms with Crippen LogP contribution in [0.2, 0.25) is 0 Å². The van der Waals surface area contributed by atoms with Gasteiger partial charge in [-0.15, -0.1) is 0 Å². The van der Waals surface area contributed by atoms with Gasteiger partial charge in [-0.3, -0.25) is 14.3 Å². The SMILES string of the molecule is Cc1cc(C)n(CC(=O)N2C[C@H](C(=O)O)[C@@H](c3ccc(F)cc3F)C2)n1. The number of carboxylic acid groups (broad SMARTS) is 1. The van der Waals surface area contributed by atoms with E-state index in [0.29, 0.717) is 0 Å². The van der Waals surface area contributed by atoms with Crippen molar-refractivity contribution in [3.63, 3.8) is 0 Å². The summed E-state index contributed by atoms with van der Waals surface area (Å²) >= 11 is 0. The number of hydrogen-bond acceptors (Lipinski definition) is 3. The Balaban J connectivity index is 1.81. The van der Waals surface area contributed by atoms with E-state index in [1.807, 2.05) is 19.9 Å². The maximum absolute atomic E-state index is 14.1. The second kappa shape index (κ2) is 6.86. The van der Waals surface area contributed by atoms with Gasteiger partial charge in [-0.25, -0.2) is 8.78 Å². The van der Waals surface area contributed by atoms with Crippen molar-refractivity contribution in [3.05, 3.63) is 52.9 Å². The first-order valence-corrected chi connectivity index (χ1v) is 8.23. The molecule has 1 aliphatic rings. The van der Waals surface area contributed by atoms with Gasteiger partial charge in [-0.1, -0.05) is 6.07 Å². The second-order valence-electron chi connectivity index (χ2n) is 6.60. The van der Waals surface area contributed by atoms with Crippen LogP contribution in [-0.2, 0) is 16.1 Å². The molecule has 2 aromatic rings. The van der Waals surface area contributed by atoms with Gasteiger partial charge in [0.05, 0.1) is 11.6 Å². The molecule has 0 bridgehead atoms. The first-order chi connectivity index (χ1) is 12.3. The number of carbonyl (C=O) groups is 2. The summed E-state index contributed by atoms with van der Waals surface area (Å²) in [6, 6.07) is 4.92. The van der Waals surface area contributed by atoms with Crippen molar-refractivity contribution in [2.45, 2.75) is 26.3 Å². The van der Waals surface area contributed by atoms with Crippen LogP contribution in [0.25, 0.3) is 0 Å². The monoisotopic (exact) mass is 363 g/mol. The molecule has 1 fully saturated rings. The Hall–Kier alpha value is -2.77. The Labute approximate surface area is 149 Å². The lowest BCUT2D eigenvalue weighted by Gasteiger charge is -2.17. The summed E-state index contributed by atoms with van der Waals surface area (Å²) in [6.07, 6.45) is 0. The van der Waals surface area contributed by atoms with Crippen molar-refractivity contribution in [3.8, 4) is 0 Å². The molecular formula is C18H19F2N3O3. The van der Waals surface area contributed by atoms with Gasteiger partial charge in [0, 0.05) is 30.8 Å². The molecule has 3 rings (SSSR count). The third-order valence-corrected chi connectivity index (χ3v) is 4.74. The number of aromatic nitrogens is 2. The fraction of sp³-hybridized carbons (Fsp3) is 0.389. The van der Waals surface area contributed by atoms with Gasteiger partial charge in [0.15, 0.2) is 0 Å². The van der Waals surface area contributed by atoms with E-state index >= 15 is 0 Å². The van der Waals surface area contributed by atoms with Crippen molar-refractivity contribution >= 4 is 11.9 Å². The van der Waals surface area contributed by atoms with Crippen molar-refractivity contribution in [1.82, 2.24) is 14.7 Å². The van der Waals surface area contributed by atoms with Crippen LogP contribution in [0, 0.1) is 31.4 Å². The number of carboxylic acids is 1. The first kappa shape index (κ1) is 18.0. The highest BCUT2D eigenvalue weighted by molar-refractivity contribution is 5.79. The molecule has 6 nitrogen and oxygen atoms in total. The molecule has 1 aliphatic heterocycles. The third kappa shape index (κ3) is 3.44. The molecule has 0 radical (unpaired) electrons. The molecule has 8 heteroatoms. The minimum Gasteiger partial charge on any atom is -0.481 e. The number of likely N-dealkylation sites (tertiary alicyclic amines) is 1. The van der Waals surface area contributed by atoms with Crippen LogP contribution in [0.4, 0.5) is 8.78 Å². The molecule has 0 saturated carbocycles. The molecule has 2 heterocycles. The Bertz CT molecular complexity index is 865. The summed E-state index contributed by atoms with van der Waals surface area (Å²) in [5, 5.41) is 13.7. The number of aryl methyl sites for hydroxylation is 2. The largest absolute Gasteiger partial charge is 0.481 e. The average molecular weight is 363 g/mol. The topological polar surface area (TPSA) is 75.4 Å². The molecule has 0 spiro atoms. The number of benzene rings is 1. The quantitative estimate of drug-likeness (QED) is 0.903. The molecule has 1 saturated heterocycles. The first-order valence-electron chi connectivity index (χ1n) is 8.23. The zero-order chi connectivity index (χ0) is 19.0. The summed E-state index contributed by atoms with van der Waals surface area (Å²) in [5.74, 6) is -4.59. The molecule has 0 unspecified atom stereocenters. The van der Waals surface area contributed by atoms with Crippen molar-refractivity contribution in [2.75, 3.05) is 13.1 Å². The van der Waals surface area contributed by atoms with Crippen molar-refractivity contribution in [2.24, 2.45) is 5.92 Å². The van der Waals surface area contributed by atoms with Crippen LogP contribution < -0.4 is 0 Å². The molecule has 1 aromatic heterocycles. The summed E-state index contributed by atoms with van der Waals surface area (Å²) in [7, 11) is 0. The number of rotatable bonds is 4. The average Bonchev–Trinajstić information content (AvgIpc) is 3.11. The van der Waals surface area contributed by atoms with E-state index in [1.54, 1.807) is 4.68 Å². The summed E-state index contributed by atoms with van der Waals surface area (Å²) < 4.78 is 28.8. The molecule has 1 amide bonds. The fourth-order valence-electron chi connectivity index (χ4n) is 3.44. The highest BCUT2D eigenvalue weighted by Gasteiger charge is 2.41. The van der Waals surface area contributed by atoms with E-state index in [2.05, 4.69) is 5.10 Å². The molecule has 1 N–H and O–H groups in total. The highest BCUT2D eigenvalue weighted by atomic mass is 19.1. The van der Waals surface area contributed by atoms with Crippen LogP contribution >= 0.6 is 0 Å². The number of halogens is 2. The molecule has 1 aromatic carbocycles. The molecular weight excluding hydrogens is 344 g/mol. The van der Waals surface area contributed by atoms with Crippen LogP contribution in [-0.4, -0.2) is 44.8 Å². The molecule has 138 valence electrons. The predicted molar refractivity (Wildman–Crippen MR) is 88.5 cm³/mol. The zero-order valence-corrected chi connectivity index (χ0v) is 14.4. The van der Waals surface area contributed by atoms with Crippen molar-refractivity contribution in [1.29, 1.82) is 0 Å². The number of nitrogens with zero attached hydrogens (tertiary/aromatic N) is 3. The van der Waals surface area contributed by atoms with E-state index in [1.165, 1.54) is 11.0 Å². The minimum atomic E-state index is -1.11. The van der Waals surface area contributed by atoms with Gasteiger partial charge in [0.25, 0.3) is 0 Å². The number of carbonyl (C=O) groups excluding carboxylic acids is 1. The minimum absolute atomic E-state index is 0.00929. The number of amides is 1.